The molecule has 0 atom stereocenters. The fourth-order valence-corrected chi connectivity index (χ4v) is 3.48. The fraction of sp³-hybridized carbons (Fsp3) is 0.500. The minimum atomic E-state index is -0.750. The van der Waals surface area contributed by atoms with Crippen LogP contribution in [0.3, 0.4) is 0 Å². The molecule has 1 aliphatic heterocycles. The van der Waals surface area contributed by atoms with Crippen LogP contribution in [0.25, 0.3) is 0 Å². The Kier molecular flexibility index (Phi) is 5.01. The summed E-state index contributed by atoms with van der Waals surface area (Å²) in [6, 6.07) is 5.45. The summed E-state index contributed by atoms with van der Waals surface area (Å²) in [5.74, 6) is -0.789. The van der Waals surface area contributed by atoms with Crippen molar-refractivity contribution in [2.45, 2.75) is 50.6 Å². The molecule has 1 aromatic rings. The lowest BCUT2D eigenvalue weighted by Gasteiger charge is -2.30. The molecule has 0 unspecified atom stereocenters. The van der Waals surface area contributed by atoms with Crippen LogP contribution in [0.15, 0.2) is 24.3 Å². The number of nitrogens with one attached hydrogen (secondary N) is 2. The van der Waals surface area contributed by atoms with Crippen molar-refractivity contribution in [3.63, 3.8) is 0 Å². The van der Waals surface area contributed by atoms with Gasteiger partial charge in [0.05, 0.1) is 0 Å². The molecule has 0 radical (unpaired) electrons. The summed E-state index contributed by atoms with van der Waals surface area (Å²) >= 11 is 0. The van der Waals surface area contributed by atoms with E-state index in [9.17, 15) is 18.8 Å². The molecule has 134 valence electrons. The lowest BCUT2D eigenvalue weighted by Crippen LogP contribution is -2.48. The van der Waals surface area contributed by atoms with E-state index in [1.807, 2.05) is 0 Å². The average molecular weight is 347 g/mol. The summed E-state index contributed by atoms with van der Waals surface area (Å²) in [6.45, 7) is 0.352. The molecule has 2 N–H and O–H groups in total. The van der Waals surface area contributed by atoms with Gasteiger partial charge in [0.25, 0.3) is 5.91 Å². The summed E-state index contributed by atoms with van der Waals surface area (Å²) in [5.41, 5.74) is 0.0332. The second-order valence-corrected chi connectivity index (χ2v) is 6.68. The number of rotatable bonds is 5. The van der Waals surface area contributed by atoms with E-state index in [2.05, 4.69) is 10.6 Å². The molecule has 2 fully saturated rings. The summed E-state index contributed by atoms with van der Waals surface area (Å²) < 4.78 is 12.8. The molecule has 25 heavy (non-hydrogen) atoms. The number of amides is 4. The summed E-state index contributed by atoms with van der Waals surface area (Å²) in [5, 5.41) is 5.54. The first-order chi connectivity index (χ1) is 12.0. The normalized spacial score (nSPS) is 19.2. The van der Waals surface area contributed by atoms with Crippen LogP contribution >= 0.6 is 0 Å². The number of hydrogen-bond acceptors (Lipinski definition) is 3. The van der Waals surface area contributed by atoms with E-state index in [4.69, 9.17) is 0 Å². The van der Waals surface area contributed by atoms with Crippen molar-refractivity contribution < 1.29 is 18.8 Å². The third kappa shape index (κ3) is 3.81. The van der Waals surface area contributed by atoms with E-state index in [1.54, 1.807) is 12.1 Å². The number of benzene rings is 1. The molecule has 7 heteroatoms. The van der Waals surface area contributed by atoms with Crippen molar-refractivity contribution in [3.05, 3.63) is 35.6 Å². The highest BCUT2D eigenvalue weighted by Crippen LogP contribution is 2.33. The van der Waals surface area contributed by atoms with E-state index in [1.165, 1.54) is 12.1 Å². The first kappa shape index (κ1) is 17.4. The van der Waals surface area contributed by atoms with E-state index in [0.717, 1.165) is 29.7 Å². The zero-order chi connectivity index (χ0) is 17.9. The van der Waals surface area contributed by atoms with Gasteiger partial charge in [0.15, 0.2) is 0 Å². The standard InChI is InChI=1S/C18H22FN3O3/c19-14-6-4-13(5-7-14)12-20-15(23)8-11-22-16(24)18(21-17(22)25)9-2-1-3-10-18/h4-7H,1-3,8-12H2,(H,20,23)(H,21,25). The van der Waals surface area contributed by atoms with Crippen molar-refractivity contribution in [2.75, 3.05) is 6.54 Å². The Morgan fingerprint density at radius 3 is 2.52 bits per heavy atom. The van der Waals surface area contributed by atoms with Crippen molar-refractivity contribution in [3.8, 4) is 0 Å². The van der Waals surface area contributed by atoms with Crippen LogP contribution in [-0.2, 0) is 16.1 Å². The highest BCUT2D eigenvalue weighted by Gasteiger charge is 2.50. The largest absolute Gasteiger partial charge is 0.352 e. The smallest absolute Gasteiger partial charge is 0.325 e. The number of carbonyl (C=O) groups is 3. The van der Waals surface area contributed by atoms with Gasteiger partial charge in [0, 0.05) is 19.5 Å². The van der Waals surface area contributed by atoms with E-state index >= 15 is 0 Å². The summed E-state index contributed by atoms with van der Waals surface area (Å²) in [4.78, 5) is 37.8. The maximum Gasteiger partial charge on any atom is 0.325 e. The second kappa shape index (κ2) is 7.21. The summed E-state index contributed by atoms with van der Waals surface area (Å²) in [7, 11) is 0. The Bertz CT molecular complexity index is 669. The Labute approximate surface area is 145 Å². The molecule has 1 saturated carbocycles. The lowest BCUT2D eigenvalue weighted by molar-refractivity contribution is -0.132. The van der Waals surface area contributed by atoms with Gasteiger partial charge in [0.2, 0.25) is 5.91 Å². The second-order valence-electron chi connectivity index (χ2n) is 6.68. The van der Waals surface area contributed by atoms with Crippen molar-refractivity contribution >= 4 is 17.8 Å². The minimum absolute atomic E-state index is 0.0520. The van der Waals surface area contributed by atoms with Crippen LogP contribution in [0.2, 0.25) is 0 Å². The molecule has 6 nitrogen and oxygen atoms in total. The van der Waals surface area contributed by atoms with Crippen LogP contribution < -0.4 is 10.6 Å². The molecule has 1 aliphatic carbocycles. The molecule has 0 aromatic heterocycles. The van der Waals surface area contributed by atoms with Gasteiger partial charge in [-0.1, -0.05) is 31.4 Å². The van der Waals surface area contributed by atoms with Gasteiger partial charge < -0.3 is 10.6 Å². The van der Waals surface area contributed by atoms with Gasteiger partial charge in [-0.3, -0.25) is 14.5 Å². The molecule has 1 heterocycles. The Balaban J connectivity index is 1.49. The average Bonchev–Trinajstić information content (AvgIpc) is 2.83. The maximum absolute atomic E-state index is 12.8. The fourth-order valence-electron chi connectivity index (χ4n) is 3.48. The van der Waals surface area contributed by atoms with Crippen LogP contribution in [0, 0.1) is 5.82 Å². The van der Waals surface area contributed by atoms with Crippen molar-refractivity contribution in [2.24, 2.45) is 0 Å². The molecule has 0 bridgehead atoms. The first-order valence-electron chi connectivity index (χ1n) is 8.65. The highest BCUT2D eigenvalue weighted by molar-refractivity contribution is 6.07. The monoisotopic (exact) mass is 347 g/mol. The van der Waals surface area contributed by atoms with Gasteiger partial charge in [-0.25, -0.2) is 9.18 Å². The van der Waals surface area contributed by atoms with Crippen LogP contribution in [0.5, 0.6) is 0 Å². The summed E-state index contributed by atoms with van der Waals surface area (Å²) in [6.07, 6.45) is 4.33. The van der Waals surface area contributed by atoms with E-state index in [0.29, 0.717) is 12.8 Å². The predicted octanol–water partition coefficient (Wildman–Crippen LogP) is 2.09. The molecule has 1 spiro atoms. The Hall–Kier alpha value is -2.44. The van der Waals surface area contributed by atoms with Crippen LogP contribution in [0.4, 0.5) is 9.18 Å². The predicted molar refractivity (Wildman–Crippen MR) is 88.9 cm³/mol. The Morgan fingerprint density at radius 2 is 1.84 bits per heavy atom. The highest BCUT2D eigenvalue weighted by atomic mass is 19.1. The van der Waals surface area contributed by atoms with E-state index < -0.39 is 11.6 Å². The van der Waals surface area contributed by atoms with Gasteiger partial charge in [-0.15, -0.1) is 0 Å². The molecule has 1 aromatic carbocycles. The van der Waals surface area contributed by atoms with Crippen LogP contribution in [-0.4, -0.2) is 34.8 Å². The molecule has 1 saturated heterocycles. The number of carbonyl (C=O) groups excluding carboxylic acids is 3. The maximum atomic E-state index is 12.8. The van der Waals surface area contributed by atoms with Gasteiger partial charge in [-0.05, 0) is 30.5 Å². The third-order valence-electron chi connectivity index (χ3n) is 4.92. The number of halogens is 1. The molecule has 2 aliphatic rings. The zero-order valence-corrected chi connectivity index (χ0v) is 14.0. The third-order valence-corrected chi connectivity index (χ3v) is 4.92. The topological polar surface area (TPSA) is 78.5 Å². The molecular formula is C18H22FN3O3. The number of nitrogens with zero attached hydrogens (tertiary/aromatic N) is 1. The molecule has 3 rings (SSSR count). The van der Waals surface area contributed by atoms with E-state index in [-0.39, 0.29) is 37.1 Å². The minimum Gasteiger partial charge on any atom is -0.352 e. The lowest BCUT2D eigenvalue weighted by atomic mass is 9.82. The quantitative estimate of drug-likeness (QED) is 0.801. The number of imide groups is 1. The molecular weight excluding hydrogens is 325 g/mol. The van der Waals surface area contributed by atoms with Crippen molar-refractivity contribution in [1.29, 1.82) is 0 Å². The number of hydrogen-bond donors (Lipinski definition) is 2. The van der Waals surface area contributed by atoms with Gasteiger partial charge in [-0.2, -0.15) is 0 Å². The Morgan fingerprint density at radius 1 is 1.16 bits per heavy atom. The van der Waals surface area contributed by atoms with Gasteiger partial charge in [0.1, 0.15) is 11.4 Å². The molecule has 4 amide bonds. The first-order valence-corrected chi connectivity index (χ1v) is 8.65. The zero-order valence-electron chi connectivity index (χ0n) is 14.0. The SMILES string of the molecule is O=C(CCN1C(=O)NC2(CCCCC2)C1=O)NCc1ccc(F)cc1. The number of urea groups is 1. The van der Waals surface area contributed by atoms with Crippen molar-refractivity contribution in [1.82, 2.24) is 15.5 Å². The van der Waals surface area contributed by atoms with Gasteiger partial charge >= 0.3 is 6.03 Å². The van der Waals surface area contributed by atoms with Crippen LogP contribution in [0.1, 0.15) is 44.1 Å².